The smallest absolute Gasteiger partial charge is 0.257 e. The van der Waals surface area contributed by atoms with Crippen LogP contribution in [0.25, 0.3) is 0 Å². The van der Waals surface area contributed by atoms with E-state index in [9.17, 15) is 33.6 Å². The molecule has 57 heavy (non-hydrogen) atoms. The summed E-state index contributed by atoms with van der Waals surface area (Å²) in [6, 6.07) is 24.9. The van der Waals surface area contributed by atoms with E-state index in [1.165, 1.54) is 18.0 Å². The van der Waals surface area contributed by atoms with Gasteiger partial charge in [0, 0.05) is 19.0 Å². The van der Waals surface area contributed by atoms with Crippen LogP contribution in [0.5, 0.6) is 0 Å². The second kappa shape index (κ2) is 17.3. The summed E-state index contributed by atoms with van der Waals surface area (Å²) < 4.78 is 0. The van der Waals surface area contributed by atoms with Gasteiger partial charge in [0.15, 0.2) is 0 Å². The minimum Gasteiger partial charge on any atom is -0.355 e. The highest BCUT2D eigenvalue weighted by atomic mass is 16.2. The molecule has 0 radical (unpaired) electrons. The molecule has 0 saturated carbocycles. The van der Waals surface area contributed by atoms with Crippen LogP contribution in [-0.4, -0.2) is 71.4 Å². The molecule has 1 heterocycles. The van der Waals surface area contributed by atoms with E-state index < -0.39 is 46.5 Å². The van der Waals surface area contributed by atoms with Crippen LogP contribution in [0.4, 0.5) is 22.7 Å². The SMILES string of the molecule is CNC(=O)c1ccccc1NC(=O)c1ccccc1NC(=O)[C@H]1CCCN1C(=O)c1ccccc1NC(=O)c1ccccc1NC(=O)C(C)(C)NC(=O)C(C)(C)C. The number of nitrogens with zero attached hydrogens (tertiary/aromatic N) is 1. The highest BCUT2D eigenvalue weighted by molar-refractivity contribution is 6.15. The fraction of sp³-hybridized carbons (Fsp3) is 0.279. The number of likely N-dealkylation sites (tertiary alicyclic amines) is 1. The Morgan fingerprint density at radius 1 is 0.544 bits per heavy atom. The van der Waals surface area contributed by atoms with Crippen molar-refractivity contribution in [1.29, 1.82) is 0 Å². The lowest BCUT2D eigenvalue weighted by Crippen LogP contribution is -2.55. The number of para-hydroxylation sites is 4. The molecule has 1 saturated heterocycles. The predicted molar refractivity (Wildman–Crippen MR) is 218 cm³/mol. The number of anilines is 4. The molecule has 0 spiro atoms. The predicted octanol–water partition coefficient (Wildman–Crippen LogP) is 5.67. The number of carbonyl (C=O) groups is 7. The highest BCUT2D eigenvalue weighted by Crippen LogP contribution is 2.28. The molecule has 0 aliphatic carbocycles. The average molecular weight is 774 g/mol. The molecule has 0 aromatic heterocycles. The molecular weight excluding hydrogens is 727 g/mol. The Kier molecular flexibility index (Phi) is 12.6. The summed E-state index contributed by atoms with van der Waals surface area (Å²) >= 11 is 0. The van der Waals surface area contributed by atoms with E-state index in [1.54, 1.807) is 126 Å². The molecule has 6 N–H and O–H groups in total. The average Bonchev–Trinajstić information content (AvgIpc) is 3.68. The number of carbonyl (C=O) groups excluding carboxylic acids is 7. The monoisotopic (exact) mass is 773 g/mol. The molecule has 1 aliphatic rings. The topological polar surface area (TPSA) is 195 Å². The van der Waals surface area contributed by atoms with Crippen LogP contribution < -0.4 is 31.9 Å². The molecule has 14 nitrogen and oxygen atoms in total. The van der Waals surface area contributed by atoms with Crippen molar-refractivity contribution in [1.82, 2.24) is 15.5 Å². The largest absolute Gasteiger partial charge is 0.355 e. The molecule has 296 valence electrons. The Balaban J connectivity index is 1.30. The molecule has 1 atom stereocenters. The van der Waals surface area contributed by atoms with Crippen LogP contribution in [-0.2, 0) is 14.4 Å². The van der Waals surface area contributed by atoms with Gasteiger partial charge < -0.3 is 36.8 Å². The highest BCUT2D eigenvalue weighted by Gasteiger charge is 2.37. The Morgan fingerprint density at radius 3 is 1.46 bits per heavy atom. The molecule has 0 unspecified atom stereocenters. The maximum Gasteiger partial charge on any atom is 0.257 e. The summed E-state index contributed by atoms with van der Waals surface area (Å²) in [4.78, 5) is 94.9. The lowest BCUT2D eigenvalue weighted by molar-refractivity contribution is -0.134. The summed E-state index contributed by atoms with van der Waals surface area (Å²) in [7, 11) is 1.49. The fourth-order valence-electron chi connectivity index (χ4n) is 6.12. The van der Waals surface area contributed by atoms with E-state index in [2.05, 4.69) is 31.9 Å². The Morgan fingerprint density at radius 2 is 0.965 bits per heavy atom. The van der Waals surface area contributed by atoms with Gasteiger partial charge in [0.05, 0.1) is 45.0 Å². The summed E-state index contributed by atoms with van der Waals surface area (Å²) in [5.41, 5.74) is -0.459. The second-order valence-corrected chi connectivity index (χ2v) is 15.1. The van der Waals surface area contributed by atoms with Crippen molar-refractivity contribution in [2.45, 2.75) is 59.0 Å². The van der Waals surface area contributed by atoms with Gasteiger partial charge in [0.1, 0.15) is 11.6 Å². The minimum absolute atomic E-state index is 0.115. The van der Waals surface area contributed by atoms with Crippen molar-refractivity contribution in [3.05, 3.63) is 119 Å². The van der Waals surface area contributed by atoms with Gasteiger partial charge in [-0.15, -0.1) is 0 Å². The van der Waals surface area contributed by atoms with Crippen molar-refractivity contribution in [3.8, 4) is 0 Å². The van der Waals surface area contributed by atoms with E-state index in [-0.39, 0.29) is 57.7 Å². The van der Waals surface area contributed by atoms with Gasteiger partial charge in [-0.2, -0.15) is 0 Å². The van der Waals surface area contributed by atoms with Crippen LogP contribution in [0.15, 0.2) is 97.1 Å². The molecule has 0 bridgehead atoms. The fourth-order valence-corrected chi connectivity index (χ4v) is 6.12. The quantitative estimate of drug-likeness (QED) is 0.113. The van der Waals surface area contributed by atoms with Crippen molar-refractivity contribution in [2.75, 3.05) is 34.9 Å². The number of amides is 7. The Bertz CT molecular complexity index is 2230. The van der Waals surface area contributed by atoms with E-state index >= 15 is 0 Å². The number of rotatable bonds is 11. The van der Waals surface area contributed by atoms with E-state index in [4.69, 9.17) is 0 Å². The van der Waals surface area contributed by atoms with Crippen LogP contribution in [0, 0.1) is 5.41 Å². The van der Waals surface area contributed by atoms with Crippen LogP contribution >= 0.6 is 0 Å². The third-order valence-electron chi connectivity index (χ3n) is 9.39. The van der Waals surface area contributed by atoms with Crippen molar-refractivity contribution < 1.29 is 33.6 Å². The molecule has 7 amide bonds. The number of nitrogens with one attached hydrogen (secondary N) is 6. The molecule has 1 fully saturated rings. The van der Waals surface area contributed by atoms with Crippen LogP contribution in [0.2, 0.25) is 0 Å². The zero-order valence-electron chi connectivity index (χ0n) is 32.7. The van der Waals surface area contributed by atoms with Gasteiger partial charge in [-0.05, 0) is 75.2 Å². The van der Waals surface area contributed by atoms with E-state index in [0.29, 0.717) is 18.5 Å². The van der Waals surface area contributed by atoms with Crippen molar-refractivity contribution in [2.24, 2.45) is 5.41 Å². The van der Waals surface area contributed by atoms with Gasteiger partial charge in [-0.3, -0.25) is 33.6 Å². The van der Waals surface area contributed by atoms with Gasteiger partial charge in [-0.1, -0.05) is 69.3 Å². The summed E-state index contributed by atoms with van der Waals surface area (Å²) in [5, 5.41) is 16.4. The van der Waals surface area contributed by atoms with E-state index in [1.807, 2.05) is 0 Å². The molecule has 4 aromatic rings. The lowest BCUT2D eigenvalue weighted by Gasteiger charge is -2.29. The third kappa shape index (κ3) is 9.71. The maximum absolute atomic E-state index is 14.1. The van der Waals surface area contributed by atoms with Gasteiger partial charge >= 0.3 is 0 Å². The third-order valence-corrected chi connectivity index (χ3v) is 9.39. The first-order chi connectivity index (χ1) is 27.0. The van der Waals surface area contributed by atoms with Crippen LogP contribution in [0.1, 0.15) is 88.9 Å². The normalized spacial score (nSPS) is 13.9. The summed E-state index contributed by atoms with van der Waals surface area (Å²) in [6.07, 6.45) is 0.899. The lowest BCUT2D eigenvalue weighted by atomic mass is 9.93. The van der Waals surface area contributed by atoms with Gasteiger partial charge in [-0.25, -0.2) is 0 Å². The zero-order valence-corrected chi connectivity index (χ0v) is 32.7. The van der Waals surface area contributed by atoms with Crippen molar-refractivity contribution in [3.63, 3.8) is 0 Å². The molecule has 14 heteroatoms. The molecular formula is C43H47N7O7. The standard InChI is InChI=1S/C43H47N7O7/c1-42(2,3)40(56)49-43(4,5)41(57)48-32-22-13-9-18-28(32)37(53)46-33-23-14-10-19-29(33)39(55)50-25-15-24-34(50)38(54)47-31-21-12-8-17-27(31)36(52)45-30-20-11-7-16-26(30)35(51)44-6/h7-14,16-23,34H,15,24-25H2,1-6H3,(H,44,51)(H,45,52)(H,46,53)(H,47,54)(H,48,57)(H,49,56)/t34-/m1/s1. The summed E-state index contributed by atoms with van der Waals surface area (Å²) in [6.45, 7) is 8.61. The van der Waals surface area contributed by atoms with Crippen molar-refractivity contribution >= 4 is 64.1 Å². The number of benzene rings is 4. The first kappa shape index (κ1) is 41.3. The number of hydrogen-bond donors (Lipinski definition) is 6. The zero-order chi connectivity index (χ0) is 41.5. The summed E-state index contributed by atoms with van der Waals surface area (Å²) in [5.74, 6) is -3.38. The maximum atomic E-state index is 14.1. The van der Waals surface area contributed by atoms with E-state index in [0.717, 1.165) is 0 Å². The first-order valence-electron chi connectivity index (χ1n) is 18.5. The van der Waals surface area contributed by atoms with Gasteiger partial charge in [0.2, 0.25) is 17.7 Å². The molecule has 4 aromatic carbocycles. The molecule has 1 aliphatic heterocycles. The second-order valence-electron chi connectivity index (χ2n) is 15.1. The Hall–Kier alpha value is -6.83. The number of hydrogen-bond acceptors (Lipinski definition) is 7. The Labute approximate surface area is 331 Å². The first-order valence-corrected chi connectivity index (χ1v) is 18.5. The minimum atomic E-state index is -1.31. The van der Waals surface area contributed by atoms with Gasteiger partial charge in [0.25, 0.3) is 23.6 Å². The molecule has 5 rings (SSSR count). The van der Waals surface area contributed by atoms with Crippen LogP contribution in [0.3, 0.4) is 0 Å².